The van der Waals surface area contributed by atoms with E-state index in [4.69, 9.17) is 14.2 Å². The molecule has 0 aliphatic carbocycles. The summed E-state index contributed by atoms with van der Waals surface area (Å²) in [5, 5.41) is 0. The van der Waals surface area contributed by atoms with Gasteiger partial charge in [0.1, 0.15) is 0 Å². The van der Waals surface area contributed by atoms with Gasteiger partial charge in [-0.1, -0.05) is 0 Å². The number of hydrogen-bond donors (Lipinski definition) is 1. The topological polar surface area (TPSA) is 76.7 Å². The Morgan fingerprint density at radius 2 is 2.28 bits per heavy atom. The average Bonchev–Trinajstić information content (AvgIpc) is 2.94. The molecule has 1 aromatic carbocycles. The number of hydrogen-bond acceptors (Lipinski definition) is 5. The third kappa shape index (κ3) is 3.93. The van der Waals surface area contributed by atoms with Crippen LogP contribution in [0.15, 0.2) is 18.2 Å². The number of carbonyl (C=O) groups excluding carboxylic acids is 1. The fourth-order valence-corrected chi connectivity index (χ4v) is 3.23. The van der Waals surface area contributed by atoms with Gasteiger partial charge in [-0.3, -0.25) is 4.79 Å². The van der Waals surface area contributed by atoms with Crippen molar-refractivity contribution in [3.63, 3.8) is 0 Å². The van der Waals surface area contributed by atoms with Crippen molar-refractivity contribution in [1.29, 1.82) is 0 Å². The Balaban J connectivity index is 1.82. The molecule has 1 amide bonds. The fourth-order valence-electron chi connectivity index (χ4n) is 3.23. The Bertz CT molecular complexity index is 756. The molecule has 0 spiro atoms. The molecule has 1 saturated heterocycles. The van der Waals surface area contributed by atoms with Crippen LogP contribution in [0.1, 0.15) is 31.1 Å². The Hall–Kier alpha value is -2.12. The van der Waals surface area contributed by atoms with Gasteiger partial charge in [0.15, 0.2) is 0 Å². The van der Waals surface area contributed by atoms with E-state index in [1.54, 1.807) is 13.2 Å². The molecule has 1 fully saturated rings. The van der Waals surface area contributed by atoms with Crippen LogP contribution in [0.5, 0.6) is 6.01 Å². The maximum Gasteiger partial charge on any atom is 0.294 e. The number of benzene rings is 1. The largest absolute Gasteiger partial charge is 0.465 e. The lowest BCUT2D eigenvalue weighted by molar-refractivity contribution is -0.143. The van der Waals surface area contributed by atoms with E-state index in [0.717, 1.165) is 11.0 Å². The SMILES string of the molecule is CCOc1nc2ccc(C(=O)N3CC(COC)OC(C)(C)C3)cc2[nH]1. The van der Waals surface area contributed by atoms with E-state index in [9.17, 15) is 4.79 Å². The zero-order chi connectivity index (χ0) is 18.0. The van der Waals surface area contributed by atoms with E-state index in [1.165, 1.54) is 0 Å². The highest BCUT2D eigenvalue weighted by atomic mass is 16.5. The van der Waals surface area contributed by atoms with Crippen molar-refractivity contribution >= 4 is 16.9 Å². The summed E-state index contributed by atoms with van der Waals surface area (Å²) in [6.45, 7) is 7.93. The van der Waals surface area contributed by atoms with Gasteiger partial charge in [-0.05, 0) is 39.0 Å². The summed E-state index contributed by atoms with van der Waals surface area (Å²) in [5.41, 5.74) is 1.78. The second-order valence-electron chi connectivity index (χ2n) is 6.85. The lowest BCUT2D eigenvalue weighted by Crippen LogP contribution is -2.55. The molecule has 1 aliphatic heterocycles. The molecule has 0 radical (unpaired) electrons. The third-order valence-electron chi connectivity index (χ3n) is 4.11. The van der Waals surface area contributed by atoms with Gasteiger partial charge in [-0.25, -0.2) is 0 Å². The van der Waals surface area contributed by atoms with Gasteiger partial charge >= 0.3 is 0 Å². The van der Waals surface area contributed by atoms with Crippen LogP contribution in [0.3, 0.4) is 0 Å². The predicted octanol–water partition coefficient (Wildman–Crippen LogP) is 2.23. The van der Waals surface area contributed by atoms with Crippen LogP contribution in [0.4, 0.5) is 0 Å². The highest BCUT2D eigenvalue weighted by Gasteiger charge is 2.36. The second kappa shape index (κ2) is 7.01. The first-order valence-corrected chi connectivity index (χ1v) is 8.50. The molecular formula is C18H25N3O4. The van der Waals surface area contributed by atoms with Gasteiger partial charge in [0.2, 0.25) is 0 Å². The van der Waals surface area contributed by atoms with Gasteiger partial charge in [0.05, 0.1) is 36.0 Å². The predicted molar refractivity (Wildman–Crippen MR) is 94.0 cm³/mol. The Labute approximate surface area is 147 Å². The first-order valence-electron chi connectivity index (χ1n) is 8.50. The number of aromatic amines is 1. The van der Waals surface area contributed by atoms with E-state index in [1.807, 2.05) is 37.8 Å². The number of nitrogens with one attached hydrogen (secondary N) is 1. The summed E-state index contributed by atoms with van der Waals surface area (Å²) in [6, 6.07) is 5.92. The number of nitrogens with zero attached hydrogens (tertiary/aromatic N) is 2. The number of H-pyrrole nitrogens is 1. The smallest absolute Gasteiger partial charge is 0.294 e. The summed E-state index contributed by atoms with van der Waals surface area (Å²) in [6.07, 6.45) is -0.127. The van der Waals surface area contributed by atoms with Crippen LogP contribution in [0, 0.1) is 0 Å². The van der Waals surface area contributed by atoms with Crippen LogP contribution in [-0.4, -0.2) is 65.9 Å². The van der Waals surface area contributed by atoms with E-state index in [2.05, 4.69) is 9.97 Å². The summed E-state index contributed by atoms with van der Waals surface area (Å²) < 4.78 is 16.6. The van der Waals surface area contributed by atoms with Gasteiger partial charge < -0.3 is 24.1 Å². The minimum Gasteiger partial charge on any atom is -0.465 e. The Kier molecular flexibility index (Phi) is 4.96. The number of imidazole rings is 1. The van der Waals surface area contributed by atoms with Crippen LogP contribution in [-0.2, 0) is 9.47 Å². The first-order chi connectivity index (χ1) is 11.9. The molecule has 7 nitrogen and oxygen atoms in total. The van der Waals surface area contributed by atoms with Crippen molar-refractivity contribution < 1.29 is 19.0 Å². The molecule has 1 aliphatic rings. The number of carbonyl (C=O) groups is 1. The van der Waals surface area contributed by atoms with Crippen molar-refractivity contribution in [2.45, 2.75) is 32.5 Å². The molecule has 25 heavy (non-hydrogen) atoms. The number of morpholine rings is 1. The second-order valence-corrected chi connectivity index (χ2v) is 6.85. The number of methoxy groups -OCH3 is 1. The molecule has 2 aromatic rings. The number of aromatic nitrogens is 2. The zero-order valence-corrected chi connectivity index (χ0v) is 15.2. The van der Waals surface area contributed by atoms with Crippen LogP contribution in [0.25, 0.3) is 11.0 Å². The Morgan fingerprint density at radius 1 is 1.48 bits per heavy atom. The standard InChI is InChI=1S/C18H25N3O4/c1-5-24-17-19-14-7-6-12(8-15(14)20-17)16(22)21-9-13(10-23-4)25-18(2,3)11-21/h6-8,13H,5,9-11H2,1-4H3,(H,19,20). The van der Waals surface area contributed by atoms with Crippen molar-refractivity contribution in [2.24, 2.45) is 0 Å². The van der Waals surface area contributed by atoms with E-state index in [-0.39, 0.29) is 12.0 Å². The van der Waals surface area contributed by atoms with Crippen molar-refractivity contribution in [3.8, 4) is 6.01 Å². The molecule has 0 saturated carbocycles. The lowest BCUT2D eigenvalue weighted by Gasteiger charge is -2.42. The summed E-state index contributed by atoms with van der Waals surface area (Å²) in [7, 11) is 1.64. The first kappa shape index (κ1) is 17.7. The Morgan fingerprint density at radius 3 is 3.00 bits per heavy atom. The highest BCUT2D eigenvalue weighted by molar-refractivity contribution is 5.97. The van der Waals surface area contributed by atoms with Crippen molar-refractivity contribution in [3.05, 3.63) is 23.8 Å². The van der Waals surface area contributed by atoms with Crippen LogP contribution in [0.2, 0.25) is 0 Å². The number of rotatable bonds is 5. The number of amides is 1. The molecule has 2 heterocycles. The van der Waals surface area contributed by atoms with Gasteiger partial charge in [-0.2, -0.15) is 4.98 Å². The minimum absolute atomic E-state index is 0.0214. The average molecular weight is 347 g/mol. The van der Waals surface area contributed by atoms with Crippen molar-refractivity contribution in [1.82, 2.24) is 14.9 Å². The minimum atomic E-state index is -0.405. The molecular weight excluding hydrogens is 322 g/mol. The van der Waals surface area contributed by atoms with Crippen LogP contribution < -0.4 is 4.74 Å². The summed E-state index contributed by atoms with van der Waals surface area (Å²) in [4.78, 5) is 22.2. The quantitative estimate of drug-likeness (QED) is 0.897. The maximum absolute atomic E-state index is 13.0. The molecule has 1 atom stereocenters. The van der Waals surface area contributed by atoms with Crippen LogP contribution >= 0.6 is 0 Å². The summed E-state index contributed by atoms with van der Waals surface area (Å²) >= 11 is 0. The normalized spacial score (nSPS) is 20.0. The van der Waals surface area contributed by atoms with E-state index >= 15 is 0 Å². The van der Waals surface area contributed by atoms with Gasteiger partial charge in [0.25, 0.3) is 11.9 Å². The maximum atomic E-state index is 13.0. The zero-order valence-electron chi connectivity index (χ0n) is 15.2. The number of fused-ring (bicyclic) bond motifs is 1. The van der Waals surface area contributed by atoms with E-state index in [0.29, 0.717) is 37.9 Å². The third-order valence-corrected chi connectivity index (χ3v) is 4.11. The van der Waals surface area contributed by atoms with Gasteiger partial charge in [0, 0.05) is 25.8 Å². The molecule has 1 N–H and O–H groups in total. The monoisotopic (exact) mass is 347 g/mol. The fraction of sp³-hybridized carbons (Fsp3) is 0.556. The molecule has 136 valence electrons. The highest BCUT2D eigenvalue weighted by Crippen LogP contribution is 2.24. The molecule has 3 rings (SSSR count). The van der Waals surface area contributed by atoms with Gasteiger partial charge in [-0.15, -0.1) is 0 Å². The molecule has 1 unspecified atom stereocenters. The molecule has 1 aromatic heterocycles. The number of ether oxygens (including phenoxy) is 3. The molecule has 7 heteroatoms. The summed E-state index contributed by atoms with van der Waals surface area (Å²) in [5.74, 6) is -0.0214. The lowest BCUT2D eigenvalue weighted by atomic mass is 10.0. The molecule has 0 bridgehead atoms. The van der Waals surface area contributed by atoms with E-state index < -0.39 is 5.60 Å². The van der Waals surface area contributed by atoms with Crippen molar-refractivity contribution in [2.75, 3.05) is 33.4 Å².